The largest absolute Gasteiger partial charge is 0.465 e. The lowest BCUT2D eigenvalue weighted by molar-refractivity contribution is 0.00965. The Kier molecular flexibility index (Phi) is 5.74. The smallest absolute Gasteiger partial charge is 0.410 e. The number of carbonyl (C=O) groups is 1. The third-order valence-electron chi connectivity index (χ3n) is 4.10. The molecule has 1 aromatic rings. The third-order valence-corrected chi connectivity index (χ3v) is 4.10. The van der Waals surface area contributed by atoms with Crippen molar-refractivity contribution in [2.24, 2.45) is 0 Å². The lowest BCUT2D eigenvalue weighted by atomic mass is 10.0. The van der Waals surface area contributed by atoms with E-state index in [1.165, 1.54) is 0 Å². The predicted molar refractivity (Wildman–Crippen MR) is 90.4 cm³/mol. The number of piperidine rings is 1. The lowest BCUT2D eigenvalue weighted by Gasteiger charge is -2.37. The Morgan fingerprint density at radius 2 is 2.17 bits per heavy atom. The normalized spacial score (nSPS) is 20.4. The summed E-state index contributed by atoms with van der Waals surface area (Å²) in [6, 6.07) is 4.28. The van der Waals surface area contributed by atoms with Gasteiger partial charge in [-0.15, -0.1) is 0 Å². The van der Waals surface area contributed by atoms with Gasteiger partial charge in [-0.05, 0) is 66.0 Å². The van der Waals surface area contributed by atoms with Crippen molar-refractivity contribution in [2.45, 2.75) is 71.6 Å². The molecule has 2 heterocycles. The standard InChI is InChI=1S/C18H30N2O3/c1-13-9-10-16(22-13)14(2)19-12-15-8-6-7-11-20(15)17(21)23-18(3,4)5/h9-10,14-15,19H,6-8,11-12H2,1-5H3. The zero-order valence-electron chi connectivity index (χ0n) is 15.0. The molecule has 2 atom stereocenters. The molecule has 0 saturated carbocycles. The van der Waals surface area contributed by atoms with Gasteiger partial charge in [0.15, 0.2) is 0 Å². The molecule has 1 amide bonds. The first kappa shape index (κ1) is 17.9. The molecule has 1 aliphatic heterocycles. The van der Waals surface area contributed by atoms with E-state index in [0.717, 1.165) is 43.9 Å². The number of hydrogen-bond donors (Lipinski definition) is 1. The van der Waals surface area contributed by atoms with Crippen LogP contribution >= 0.6 is 0 Å². The fourth-order valence-electron chi connectivity index (χ4n) is 2.87. The number of amides is 1. The predicted octanol–water partition coefficient (Wildman–Crippen LogP) is 4.03. The molecule has 1 aliphatic rings. The van der Waals surface area contributed by atoms with Crippen molar-refractivity contribution in [3.8, 4) is 0 Å². The number of rotatable bonds is 4. The van der Waals surface area contributed by atoms with Gasteiger partial charge in [0, 0.05) is 19.1 Å². The third kappa shape index (κ3) is 5.27. The Labute approximate surface area is 139 Å². The van der Waals surface area contributed by atoms with Crippen LogP contribution < -0.4 is 5.32 Å². The summed E-state index contributed by atoms with van der Waals surface area (Å²) in [5.74, 6) is 1.85. The van der Waals surface area contributed by atoms with E-state index in [2.05, 4.69) is 12.2 Å². The summed E-state index contributed by atoms with van der Waals surface area (Å²) in [7, 11) is 0. The molecule has 0 spiro atoms. The molecule has 0 radical (unpaired) electrons. The first-order chi connectivity index (χ1) is 10.8. The van der Waals surface area contributed by atoms with Gasteiger partial charge >= 0.3 is 6.09 Å². The maximum absolute atomic E-state index is 12.4. The zero-order chi connectivity index (χ0) is 17.0. The van der Waals surface area contributed by atoms with Crippen LogP contribution in [0.1, 0.15) is 64.5 Å². The fourth-order valence-corrected chi connectivity index (χ4v) is 2.87. The second-order valence-corrected chi connectivity index (χ2v) is 7.40. The minimum absolute atomic E-state index is 0.131. The summed E-state index contributed by atoms with van der Waals surface area (Å²) in [4.78, 5) is 14.3. The molecule has 23 heavy (non-hydrogen) atoms. The maximum atomic E-state index is 12.4. The van der Waals surface area contributed by atoms with E-state index in [1.54, 1.807) is 0 Å². The summed E-state index contributed by atoms with van der Waals surface area (Å²) in [5, 5.41) is 3.49. The highest BCUT2D eigenvalue weighted by Gasteiger charge is 2.30. The van der Waals surface area contributed by atoms with Gasteiger partial charge in [-0.25, -0.2) is 4.79 Å². The van der Waals surface area contributed by atoms with E-state index >= 15 is 0 Å². The highest BCUT2D eigenvalue weighted by Crippen LogP contribution is 2.21. The second kappa shape index (κ2) is 7.39. The van der Waals surface area contributed by atoms with Crippen LogP contribution in [-0.4, -0.2) is 35.7 Å². The second-order valence-electron chi connectivity index (χ2n) is 7.40. The van der Waals surface area contributed by atoms with Crippen LogP contribution in [0.3, 0.4) is 0 Å². The van der Waals surface area contributed by atoms with Gasteiger partial charge in [0.25, 0.3) is 0 Å². The molecule has 5 nitrogen and oxygen atoms in total. The number of likely N-dealkylation sites (tertiary alicyclic amines) is 1. The van der Waals surface area contributed by atoms with E-state index in [1.807, 2.05) is 44.7 Å². The molecule has 0 bridgehead atoms. The summed E-state index contributed by atoms with van der Waals surface area (Å²) in [6.45, 7) is 11.3. The number of nitrogens with one attached hydrogen (secondary N) is 1. The Morgan fingerprint density at radius 1 is 1.43 bits per heavy atom. The van der Waals surface area contributed by atoms with E-state index in [0.29, 0.717) is 0 Å². The Morgan fingerprint density at radius 3 is 2.78 bits per heavy atom. The highest BCUT2D eigenvalue weighted by molar-refractivity contribution is 5.68. The topological polar surface area (TPSA) is 54.7 Å². The average Bonchev–Trinajstić information content (AvgIpc) is 2.90. The van der Waals surface area contributed by atoms with Gasteiger partial charge in [-0.3, -0.25) is 0 Å². The van der Waals surface area contributed by atoms with Crippen LogP contribution in [0.5, 0.6) is 0 Å². The van der Waals surface area contributed by atoms with Crippen LogP contribution in [-0.2, 0) is 4.74 Å². The minimum atomic E-state index is -0.453. The highest BCUT2D eigenvalue weighted by atomic mass is 16.6. The Hall–Kier alpha value is -1.49. The van der Waals surface area contributed by atoms with Gasteiger partial charge in [0.05, 0.1) is 6.04 Å². The van der Waals surface area contributed by atoms with E-state index < -0.39 is 5.60 Å². The molecule has 130 valence electrons. The van der Waals surface area contributed by atoms with Gasteiger partial charge in [-0.1, -0.05) is 0 Å². The van der Waals surface area contributed by atoms with Gasteiger partial charge < -0.3 is 19.4 Å². The average molecular weight is 322 g/mol. The number of carbonyl (C=O) groups excluding carboxylic acids is 1. The summed E-state index contributed by atoms with van der Waals surface area (Å²) in [5.41, 5.74) is -0.453. The van der Waals surface area contributed by atoms with Crippen molar-refractivity contribution < 1.29 is 13.9 Å². The van der Waals surface area contributed by atoms with Crippen molar-refractivity contribution in [1.82, 2.24) is 10.2 Å². The van der Waals surface area contributed by atoms with E-state index in [9.17, 15) is 4.79 Å². The first-order valence-electron chi connectivity index (χ1n) is 8.55. The zero-order valence-corrected chi connectivity index (χ0v) is 15.0. The molecule has 1 fully saturated rings. The molecular weight excluding hydrogens is 292 g/mol. The number of furan rings is 1. The number of nitrogens with zero attached hydrogens (tertiary/aromatic N) is 1. The Bertz CT molecular complexity index is 519. The molecule has 2 unspecified atom stereocenters. The van der Waals surface area contributed by atoms with Gasteiger partial charge in [0.1, 0.15) is 17.1 Å². The van der Waals surface area contributed by atoms with Gasteiger partial charge in [0.2, 0.25) is 0 Å². The quantitative estimate of drug-likeness (QED) is 0.909. The van der Waals surface area contributed by atoms with Crippen molar-refractivity contribution >= 4 is 6.09 Å². The SMILES string of the molecule is Cc1ccc(C(C)NCC2CCCCN2C(=O)OC(C)(C)C)o1. The minimum Gasteiger partial charge on any atom is -0.465 e. The molecular formula is C18H30N2O3. The fraction of sp³-hybridized carbons (Fsp3) is 0.722. The van der Waals surface area contributed by atoms with Crippen molar-refractivity contribution in [2.75, 3.05) is 13.1 Å². The van der Waals surface area contributed by atoms with E-state index in [-0.39, 0.29) is 18.2 Å². The molecule has 1 saturated heterocycles. The maximum Gasteiger partial charge on any atom is 0.410 e. The molecule has 2 rings (SSSR count). The van der Waals surface area contributed by atoms with Crippen molar-refractivity contribution in [3.63, 3.8) is 0 Å². The number of ether oxygens (including phenoxy) is 1. The van der Waals surface area contributed by atoms with Crippen LogP contribution in [0.2, 0.25) is 0 Å². The first-order valence-corrected chi connectivity index (χ1v) is 8.55. The Balaban J connectivity index is 1.92. The van der Waals surface area contributed by atoms with Crippen LogP contribution in [0.15, 0.2) is 16.5 Å². The molecule has 1 aromatic heterocycles. The lowest BCUT2D eigenvalue weighted by Crippen LogP contribution is -2.50. The summed E-state index contributed by atoms with van der Waals surface area (Å²) < 4.78 is 11.2. The molecule has 0 aromatic carbocycles. The van der Waals surface area contributed by atoms with Crippen LogP contribution in [0.25, 0.3) is 0 Å². The van der Waals surface area contributed by atoms with Crippen molar-refractivity contribution in [1.29, 1.82) is 0 Å². The van der Waals surface area contributed by atoms with E-state index in [4.69, 9.17) is 9.15 Å². The summed E-state index contributed by atoms with van der Waals surface area (Å²) in [6.07, 6.45) is 3.00. The van der Waals surface area contributed by atoms with Gasteiger partial charge in [-0.2, -0.15) is 0 Å². The number of aryl methyl sites for hydroxylation is 1. The monoisotopic (exact) mass is 322 g/mol. The summed E-state index contributed by atoms with van der Waals surface area (Å²) >= 11 is 0. The van der Waals surface area contributed by atoms with Crippen molar-refractivity contribution in [3.05, 3.63) is 23.7 Å². The molecule has 5 heteroatoms. The molecule has 0 aliphatic carbocycles. The molecule has 1 N–H and O–H groups in total. The number of hydrogen-bond acceptors (Lipinski definition) is 4. The van der Waals surface area contributed by atoms with Crippen LogP contribution in [0, 0.1) is 6.92 Å². The van der Waals surface area contributed by atoms with Crippen LogP contribution in [0.4, 0.5) is 4.79 Å².